The summed E-state index contributed by atoms with van der Waals surface area (Å²) in [4.78, 5) is 25.9. The maximum Gasteiger partial charge on any atom is 0.295 e. The Morgan fingerprint density at radius 3 is 2.43 bits per heavy atom. The molecule has 0 spiro atoms. The summed E-state index contributed by atoms with van der Waals surface area (Å²) in [6.45, 7) is 6.70. The van der Waals surface area contributed by atoms with E-state index < -0.39 is 0 Å². The van der Waals surface area contributed by atoms with Crippen LogP contribution in [0.15, 0.2) is 53.3 Å². The molecule has 0 bridgehead atoms. The fourth-order valence-corrected chi connectivity index (χ4v) is 3.15. The van der Waals surface area contributed by atoms with E-state index in [1.165, 1.54) is 4.68 Å². The van der Waals surface area contributed by atoms with Gasteiger partial charge < -0.3 is 14.8 Å². The van der Waals surface area contributed by atoms with Crippen LogP contribution in [0.3, 0.4) is 0 Å². The molecule has 0 radical (unpaired) electrons. The predicted molar refractivity (Wildman–Crippen MR) is 117 cm³/mol. The van der Waals surface area contributed by atoms with E-state index in [1.807, 2.05) is 44.2 Å². The number of carbonyl (C=O) groups is 1. The van der Waals surface area contributed by atoms with Crippen molar-refractivity contribution in [3.05, 3.63) is 70.1 Å². The summed E-state index contributed by atoms with van der Waals surface area (Å²) in [5, 5.41) is 2.77. The molecule has 0 aliphatic rings. The molecule has 0 saturated heterocycles. The van der Waals surface area contributed by atoms with Gasteiger partial charge in [-0.15, -0.1) is 0 Å². The average Bonchev–Trinajstić information content (AvgIpc) is 2.96. The molecule has 0 aliphatic heterocycles. The van der Waals surface area contributed by atoms with Crippen LogP contribution in [-0.4, -0.2) is 28.5 Å². The number of para-hydroxylation sites is 1. The molecule has 7 heteroatoms. The molecular formula is C23H27N3O4. The van der Waals surface area contributed by atoms with Crippen LogP contribution in [0.25, 0.3) is 5.69 Å². The molecule has 0 fully saturated rings. The van der Waals surface area contributed by atoms with Crippen molar-refractivity contribution in [2.24, 2.45) is 7.05 Å². The van der Waals surface area contributed by atoms with Crippen molar-refractivity contribution in [2.75, 3.05) is 18.5 Å². The second-order valence-electron chi connectivity index (χ2n) is 6.83. The third-order valence-electron chi connectivity index (χ3n) is 4.76. The van der Waals surface area contributed by atoms with E-state index in [0.717, 1.165) is 12.1 Å². The Morgan fingerprint density at radius 1 is 1.03 bits per heavy atom. The molecule has 2 aromatic carbocycles. The van der Waals surface area contributed by atoms with E-state index in [0.29, 0.717) is 36.0 Å². The summed E-state index contributed by atoms with van der Waals surface area (Å²) in [6.07, 6.45) is 0.870. The number of hydrogen-bond donors (Lipinski definition) is 1. The Morgan fingerprint density at radius 2 is 1.77 bits per heavy atom. The van der Waals surface area contributed by atoms with Crippen LogP contribution in [0.1, 0.15) is 36.3 Å². The van der Waals surface area contributed by atoms with Crippen LogP contribution in [0.5, 0.6) is 11.5 Å². The van der Waals surface area contributed by atoms with Gasteiger partial charge in [0.1, 0.15) is 5.69 Å². The summed E-state index contributed by atoms with van der Waals surface area (Å²) >= 11 is 0. The SMILES string of the molecule is CCCOc1ccc(C(=O)Nc2c(C)n(C)n(-c3ccccc3)c2=O)cc1OCC. The second kappa shape index (κ2) is 9.35. The summed E-state index contributed by atoms with van der Waals surface area (Å²) in [5.41, 5.74) is 1.73. The Bertz CT molecular complexity index is 1080. The Balaban J connectivity index is 1.91. The number of nitrogens with one attached hydrogen (secondary N) is 1. The summed E-state index contributed by atoms with van der Waals surface area (Å²) < 4.78 is 14.6. The van der Waals surface area contributed by atoms with E-state index in [-0.39, 0.29) is 17.2 Å². The summed E-state index contributed by atoms with van der Waals surface area (Å²) in [6, 6.07) is 14.3. The second-order valence-corrected chi connectivity index (χ2v) is 6.83. The van der Waals surface area contributed by atoms with Gasteiger partial charge in [0.2, 0.25) is 0 Å². The molecule has 30 heavy (non-hydrogen) atoms. The number of ether oxygens (including phenoxy) is 2. The summed E-state index contributed by atoms with van der Waals surface area (Å²) in [7, 11) is 1.78. The van der Waals surface area contributed by atoms with Crippen LogP contribution >= 0.6 is 0 Å². The lowest BCUT2D eigenvalue weighted by Gasteiger charge is -2.13. The first-order chi connectivity index (χ1) is 14.5. The normalized spacial score (nSPS) is 10.7. The first-order valence-electron chi connectivity index (χ1n) is 10.0. The molecule has 3 aromatic rings. The van der Waals surface area contributed by atoms with Gasteiger partial charge in [-0.2, -0.15) is 0 Å². The molecule has 1 amide bonds. The average molecular weight is 409 g/mol. The molecule has 0 unspecified atom stereocenters. The van der Waals surface area contributed by atoms with E-state index in [2.05, 4.69) is 5.32 Å². The van der Waals surface area contributed by atoms with E-state index in [4.69, 9.17) is 9.47 Å². The molecule has 7 nitrogen and oxygen atoms in total. The van der Waals surface area contributed by atoms with Crippen molar-refractivity contribution in [3.8, 4) is 17.2 Å². The molecule has 1 N–H and O–H groups in total. The van der Waals surface area contributed by atoms with Crippen LogP contribution in [0, 0.1) is 6.92 Å². The van der Waals surface area contributed by atoms with Crippen LogP contribution in [0.4, 0.5) is 5.69 Å². The standard InChI is InChI=1S/C23H27N3O4/c1-5-14-30-19-13-12-17(15-20(19)29-6-2)22(27)24-21-16(3)25(4)26(23(21)28)18-10-8-7-9-11-18/h7-13,15H,5-6,14H2,1-4H3,(H,24,27). The Hall–Kier alpha value is -3.48. The van der Waals surface area contributed by atoms with Gasteiger partial charge in [-0.25, -0.2) is 4.68 Å². The Kier molecular flexibility index (Phi) is 6.61. The third kappa shape index (κ3) is 4.25. The van der Waals surface area contributed by atoms with Crippen LogP contribution < -0.4 is 20.3 Å². The fraction of sp³-hybridized carbons (Fsp3) is 0.304. The predicted octanol–water partition coefficient (Wildman–Crippen LogP) is 3.92. The van der Waals surface area contributed by atoms with Crippen molar-refractivity contribution in [3.63, 3.8) is 0 Å². The molecule has 3 rings (SSSR count). The number of hydrogen-bond acceptors (Lipinski definition) is 4. The fourth-order valence-electron chi connectivity index (χ4n) is 3.15. The molecule has 1 heterocycles. The van der Waals surface area contributed by atoms with Crippen molar-refractivity contribution >= 4 is 11.6 Å². The topological polar surface area (TPSA) is 74.5 Å². The van der Waals surface area contributed by atoms with Gasteiger partial charge in [0.05, 0.1) is 24.6 Å². The minimum atomic E-state index is -0.385. The van der Waals surface area contributed by atoms with E-state index in [9.17, 15) is 9.59 Å². The first-order valence-corrected chi connectivity index (χ1v) is 10.0. The number of rotatable bonds is 8. The lowest BCUT2D eigenvalue weighted by molar-refractivity contribution is 0.102. The number of amides is 1. The van der Waals surface area contributed by atoms with Gasteiger partial charge >= 0.3 is 0 Å². The maximum absolute atomic E-state index is 13.0. The van der Waals surface area contributed by atoms with Gasteiger partial charge in [-0.1, -0.05) is 25.1 Å². The smallest absolute Gasteiger partial charge is 0.295 e. The highest BCUT2D eigenvalue weighted by molar-refractivity contribution is 6.04. The van der Waals surface area contributed by atoms with Crippen molar-refractivity contribution < 1.29 is 14.3 Å². The van der Waals surface area contributed by atoms with Gasteiger partial charge in [-0.05, 0) is 50.6 Å². The number of benzene rings is 2. The highest BCUT2D eigenvalue weighted by atomic mass is 16.5. The highest BCUT2D eigenvalue weighted by Crippen LogP contribution is 2.29. The summed E-state index contributed by atoms with van der Waals surface area (Å²) in [5.74, 6) is 0.715. The van der Waals surface area contributed by atoms with Crippen molar-refractivity contribution in [1.29, 1.82) is 0 Å². The van der Waals surface area contributed by atoms with Crippen LogP contribution in [-0.2, 0) is 7.05 Å². The lowest BCUT2D eigenvalue weighted by Crippen LogP contribution is -2.23. The first kappa shape index (κ1) is 21.2. The van der Waals surface area contributed by atoms with Gasteiger partial charge in [0.25, 0.3) is 11.5 Å². The minimum Gasteiger partial charge on any atom is -0.490 e. The zero-order valence-corrected chi connectivity index (χ0v) is 17.8. The van der Waals surface area contributed by atoms with Gasteiger partial charge in [0, 0.05) is 12.6 Å². The number of anilines is 1. The van der Waals surface area contributed by atoms with E-state index >= 15 is 0 Å². The zero-order chi connectivity index (χ0) is 21.7. The van der Waals surface area contributed by atoms with E-state index in [1.54, 1.807) is 36.9 Å². The molecular weight excluding hydrogens is 382 g/mol. The van der Waals surface area contributed by atoms with Crippen LogP contribution in [0.2, 0.25) is 0 Å². The van der Waals surface area contributed by atoms with Crippen molar-refractivity contribution in [2.45, 2.75) is 27.2 Å². The molecule has 0 saturated carbocycles. The zero-order valence-electron chi connectivity index (χ0n) is 17.8. The quantitative estimate of drug-likeness (QED) is 0.612. The maximum atomic E-state index is 13.0. The van der Waals surface area contributed by atoms with Gasteiger partial charge in [-0.3, -0.25) is 14.3 Å². The van der Waals surface area contributed by atoms with Crippen molar-refractivity contribution in [1.82, 2.24) is 9.36 Å². The molecule has 0 aliphatic carbocycles. The Labute approximate surface area is 175 Å². The highest BCUT2D eigenvalue weighted by Gasteiger charge is 2.19. The van der Waals surface area contributed by atoms with Gasteiger partial charge in [0.15, 0.2) is 11.5 Å². The number of carbonyl (C=O) groups excluding carboxylic acids is 1. The lowest BCUT2D eigenvalue weighted by atomic mass is 10.2. The molecule has 158 valence electrons. The minimum absolute atomic E-state index is 0.246. The largest absolute Gasteiger partial charge is 0.490 e. The molecule has 1 aromatic heterocycles. The number of nitrogens with zero attached hydrogens (tertiary/aromatic N) is 2. The number of aromatic nitrogens is 2. The third-order valence-corrected chi connectivity index (χ3v) is 4.76. The molecule has 0 atom stereocenters. The monoisotopic (exact) mass is 409 g/mol.